The molecule has 0 aliphatic carbocycles. The summed E-state index contributed by atoms with van der Waals surface area (Å²) in [4.78, 5) is 0. The van der Waals surface area contributed by atoms with Crippen LogP contribution in [0, 0.1) is 13.8 Å². The topological polar surface area (TPSA) is 43.6 Å². The molecule has 0 spiro atoms. The van der Waals surface area contributed by atoms with E-state index in [1.54, 1.807) is 4.68 Å². The molecule has 0 aliphatic heterocycles. The van der Waals surface area contributed by atoms with Crippen molar-refractivity contribution in [2.75, 3.05) is 0 Å². The van der Waals surface area contributed by atoms with E-state index >= 15 is 0 Å². The average Bonchev–Trinajstić information content (AvgIpc) is 2.66. The van der Waals surface area contributed by atoms with Crippen LogP contribution in [-0.2, 0) is 0 Å². The third kappa shape index (κ3) is 1.57. The normalized spacial score (nSPS) is 10.9. The smallest absolute Gasteiger partial charge is 0.207 e. The van der Waals surface area contributed by atoms with Crippen molar-refractivity contribution < 1.29 is 0 Å². The van der Waals surface area contributed by atoms with Gasteiger partial charge >= 0.3 is 0 Å². The molecule has 7 heteroatoms. The number of nitrogens with zero attached hydrogens (tertiary/aromatic N) is 4. The number of hydrogen-bond acceptors (Lipinski definition) is 4. The zero-order chi connectivity index (χ0) is 10.3. The van der Waals surface area contributed by atoms with Gasteiger partial charge in [0.1, 0.15) is 0 Å². The van der Waals surface area contributed by atoms with Crippen LogP contribution in [0.15, 0.2) is 3.92 Å². The first-order chi connectivity index (χ1) is 6.59. The maximum Gasteiger partial charge on any atom is 0.233 e. The van der Waals surface area contributed by atoms with Gasteiger partial charge in [0.05, 0.1) is 16.4 Å². The fourth-order valence-corrected chi connectivity index (χ4v) is 2.30. The summed E-state index contributed by atoms with van der Waals surface area (Å²) in [5, 5.41) is 13.5. The highest BCUT2D eigenvalue weighted by Gasteiger charge is 2.13. The maximum atomic E-state index is 6.02. The number of aryl methyl sites for hydroxylation is 1. The molecule has 0 bridgehead atoms. The molecule has 4 nitrogen and oxygen atoms in total. The molecule has 74 valence electrons. The van der Waals surface area contributed by atoms with Crippen LogP contribution in [0.3, 0.4) is 0 Å². The van der Waals surface area contributed by atoms with E-state index in [2.05, 4.69) is 31.2 Å². The maximum absolute atomic E-state index is 6.02. The van der Waals surface area contributed by atoms with Crippen molar-refractivity contribution in [2.24, 2.45) is 0 Å². The van der Waals surface area contributed by atoms with Crippen LogP contribution in [-0.4, -0.2) is 20.0 Å². The third-order valence-electron chi connectivity index (χ3n) is 1.77. The first kappa shape index (κ1) is 10.1. The van der Waals surface area contributed by atoms with E-state index in [-0.39, 0.29) is 0 Å². The van der Waals surface area contributed by atoms with Crippen molar-refractivity contribution in [1.82, 2.24) is 20.0 Å². The predicted octanol–water partition coefficient (Wildman–Crippen LogP) is 2.76. The average molecular weight is 294 g/mol. The summed E-state index contributed by atoms with van der Waals surface area (Å²) in [6.45, 7) is 3.76. The summed E-state index contributed by atoms with van der Waals surface area (Å²) in [5.74, 6) is 0. The Hall–Kier alpha value is -0.460. The summed E-state index contributed by atoms with van der Waals surface area (Å²) in [5.41, 5.74) is 1.68. The van der Waals surface area contributed by atoms with Gasteiger partial charge in [-0.25, -0.2) is 4.68 Å². The lowest BCUT2D eigenvalue weighted by Crippen LogP contribution is -1.98. The molecule has 2 rings (SSSR count). The Morgan fingerprint density at radius 2 is 2.07 bits per heavy atom. The molecule has 2 heterocycles. The van der Waals surface area contributed by atoms with E-state index in [4.69, 9.17) is 11.6 Å². The number of aromatic nitrogens is 4. The molecule has 0 amide bonds. The fourth-order valence-electron chi connectivity index (χ4n) is 1.09. The van der Waals surface area contributed by atoms with Gasteiger partial charge in [-0.05, 0) is 29.8 Å². The van der Waals surface area contributed by atoms with Crippen molar-refractivity contribution >= 4 is 38.9 Å². The SMILES string of the molecule is Cc1nn(-c2nnc(Br)s2)c(C)c1Cl. The molecule has 0 radical (unpaired) electrons. The lowest BCUT2D eigenvalue weighted by atomic mass is 10.4. The molecule has 14 heavy (non-hydrogen) atoms. The predicted molar refractivity (Wildman–Crippen MR) is 59.2 cm³/mol. The first-order valence-electron chi connectivity index (χ1n) is 3.80. The van der Waals surface area contributed by atoms with Gasteiger partial charge in [0.15, 0.2) is 3.92 Å². The Balaban J connectivity index is 2.57. The highest BCUT2D eigenvalue weighted by atomic mass is 79.9. The molecular formula is C7H6BrClN4S. The quantitative estimate of drug-likeness (QED) is 0.812. The van der Waals surface area contributed by atoms with Gasteiger partial charge in [0.2, 0.25) is 5.13 Å². The molecule has 0 saturated heterocycles. The second kappa shape index (κ2) is 3.60. The monoisotopic (exact) mass is 292 g/mol. The molecule has 2 aromatic rings. The molecule has 0 aromatic carbocycles. The molecule has 0 N–H and O–H groups in total. The molecule has 2 aromatic heterocycles. The Morgan fingerprint density at radius 3 is 2.50 bits per heavy atom. The minimum absolute atomic E-state index is 0.677. The summed E-state index contributed by atoms with van der Waals surface area (Å²) in [6.07, 6.45) is 0. The van der Waals surface area contributed by atoms with Crippen LogP contribution >= 0.6 is 38.9 Å². The highest BCUT2D eigenvalue weighted by Crippen LogP contribution is 2.25. The van der Waals surface area contributed by atoms with Crippen LogP contribution in [0.2, 0.25) is 5.02 Å². The van der Waals surface area contributed by atoms with E-state index in [0.717, 1.165) is 15.3 Å². The van der Waals surface area contributed by atoms with Crippen LogP contribution in [0.4, 0.5) is 0 Å². The Morgan fingerprint density at radius 1 is 1.36 bits per heavy atom. The van der Waals surface area contributed by atoms with Gasteiger partial charge in [0, 0.05) is 0 Å². The van der Waals surface area contributed by atoms with Crippen molar-refractivity contribution in [3.63, 3.8) is 0 Å². The molecule has 0 unspecified atom stereocenters. The van der Waals surface area contributed by atoms with Crippen molar-refractivity contribution in [2.45, 2.75) is 13.8 Å². The second-order valence-corrected chi connectivity index (χ2v) is 5.34. The molecule has 0 fully saturated rings. The number of halogens is 2. The zero-order valence-electron chi connectivity index (χ0n) is 7.45. The van der Waals surface area contributed by atoms with Crippen molar-refractivity contribution in [3.8, 4) is 5.13 Å². The van der Waals surface area contributed by atoms with E-state index < -0.39 is 0 Å². The van der Waals surface area contributed by atoms with Gasteiger partial charge in [-0.2, -0.15) is 5.10 Å². The summed E-state index contributed by atoms with van der Waals surface area (Å²) in [6, 6.07) is 0. The van der Waals surface area contributed by atoms with Crippen LogP contribution < -0.4 is 0 Å². The van der Waals surface area contributed by atoms with Gasteiger partial charge < -0.3 is 0 Å². The highest BCUT2D eigenvalue weighted by molar-refractivity contribution is 9.11. The van der Waals surface area contributed by atoms with Crippen molar-refractivity contribution in [1.29, 1.82) is 0 Å². The van der Waals surface area contributed by atoms with Gasteiger partial charge in [0.25, 0.3) is 0 Å². The Labute approximate surface area is 98.0 Å². The van der Waals surface area contributed by atoms with E-state index in [1.807, 2.05) is 13.8 Å². The minimum atomic E-state index is 0.677. The summed E-state index contributed by atoms with van der Waals surface area (Å²) in [7, 11) is 0. The molecular weight excluding hydrogens is 288 g/mol. The van der Waals surface area contributed by atoms with Crippen LogP contribution in [0.1, 0.15) is 11.4 Å². The first-order valence-corrected chi connectivity index (χ1v) is 5.79. The van der Waals surface area contributed by atoms with Gasteiger partial charge in [-0.1, -0.05) is 22.9 Å². The summed E-state index contributed by atoms with van der Waals surface area (Å²) >= 11 is 10.7. The molecule has 0 saturated carbocycles. The van der Waals surface area contributed by atoms with Gasteiger partial charge in [-0.15, -0.1) is 10.2 Å². The van der Waals surface area contributed by atoms with Crippen LogP contribution in [0.5, 0.6) is 0 Å². The third-order valence-corrected chi connectivity index (χ3v) is 3.65. The second-order valence-electron chi connectivity index (χ2n) is 2.73. The van der Waals surface area contributed by atoms with Gasteiger partial charge in [-0.3, -0.25) is 0 Å². The standard InChI is InChI=1S/C7H6BrClN4S/c1-3-5(9)4(2)13(12-3)7-11-10-6(8)14-7/h1-2H3. The number of rotatable bonds is 1. The van der Waals surface area contributed by atoms with Crippen molar-refractivity contribution in [3.05, 3.63) is 20.3 Å². The zero-order valence-corrected chi connectivity index (χ0v) is 10.6. The lowest BCUT2D eigenvalue weighted by molar-refractivity contribution is 0.807. The van der Waals surface area contributed by atoms with E-state index in [9.17, 15) is 0 Å². The molecule has 0 atom stereocenters. The van der Waals surface area contributed by atoms with Crippen LogP contribution in [0.25, 0.3) is 5.13 Å². The largest absolute Gasteiger partial charge is 0.233 e. The Bertz CT molecular complexity index is 478. The minimum Gasteiger partial charge on any atom is -0.207 e. The lowest BCUT2D eigenvalue weighted by Gasteiger charge is -1.95. The number of hydrogen-bond donors (Lipinski definition) is 0. The van der Waals surface area contributed by atoms with E-state index in [0.29, 0.717) is 10.2 Å². The fraction of sp³-hybridized carbons (Fsp3) is 0.286. The molecule has 0 aliphatic rings. The Kier molecular flexibility index (Phi) is 2.59. The summed E-state index contributed by atoms with van der Waals surface area (Å²) < 4.78 is 2.43. The van der Waals surface area contributed by atoms with E-state index in [1.165, 1.54) is 11.3 Å².